The number of anilines is 1. The first kappa shape index (κ1) is 12.3. The SMILES string of the molecule is c1cnnc(NCCCOC2CCNCC2)c1. The Labute approximate surface area is 102 Å². The molecule has 0 aromatic carbocycles. The van der Waals surface area contributed by atoms with Gasteiger partial charge in [0.2, 0.25) is 0 Å². The molecule has 0 aliphatic carbocycles. The Bertz CT molecular complexity index is 301. The second-order valence-corrected chi connectivity index (χ2v) is 4.21. The van der Waals surface area contributed by atoms with Crippen LogP contribution in [0.3, 0.4) is 0 Å². The van der Waals surface area contributed by atoms with E-state index in [1.807, 2.05) is 12.1 Å². The number of piperidine rings is 1. The first-order valence-electron chi connectivity index (χ1n) is 6.29. The fourth-order valence-electron chi connectivity index (χ4n) is 1.90. The molecule has 1 aromatic rings. The lowest BCUT2D eigenvalue weighted by atomic mass is 10.1. The average molecular weight is 236 g/mol. The predicted octanol–water partition coefficient (Wildman–Crippen LogP) is 1.05. The van der Waals surface area contributed by atoms with Gasteiger partial charge in [0.1, 0.15) is 5.82 Å². The molecule has 2 N–H and O–H groups in total. The van der Waals surface area contributed by atoms with Crippen LogP contribution in [0.5, 0.6) is 0 Å². The van der Waals surface area contributed by atoms with Gasteiger partial charge in [-0.1, -0.05) is 0 Å². The summed E-state index contributed by atoms with van der Waals surface area (Å²) in [6, 6.07) is 3.79. The van der Waals surface area contributed by atoms with E-state index in [4.69, 9.17) is 4.74 Å². The topological polar surface area (TPSA) is 59.1 Å². The highest BCUT2D eigenvalue weighted by Crippen LogP contribution is 2.07. The molecule has 5 heteroatoms. The van der Waals surface area contributed by atoms with Crippen molar-refractivity contribution in [2.24, 2.45) is 0 Å². The highest BCUT2D eigenvalue weighted by Gasteiger charge is 2.12. The van der Waals surface area contributed by atoms with Crippen LogP contribution in [0.2, 0.25) is 0 Å². The van der Waals surface area contributed by atoms with Gasteiger partial charge in [0, 0.05) is 19.3 Å². The third-order valence-corrected chi connectivity index (χ3v) is 2.84. The molecule has 0 saturated carbocycles. The second-order valence-electron chi connectivity index (χ2n) is 4.21. The summed E-state index contributed by atoms with van der Waals surface area (Å²) in [5, 5.41) is 14.3. The molecule has 1 aliphatic rings. The van der Waals surface area contributed by atoms with Gasteiger partial charge in [0.15, 0.2) is 0 Å². The van der Waals surface area contributed by atoms with Gasteiger partial charge in [-0.2, -0.15) is 5.10 Å². The minimum Gasteiger partial charge on any atom is -0.378 e. The van der Waals surface area contributed by atoms with Gasteiger partial charge in [0.25, 0.3) is 0 Å². The van der Waals surface area contributed by atoms with Crippen LogP contribution in [0.4, 0.5) is 5.82 Å². The Morgan fingerprint density at radius 3 is 3.06 bits per heavy atom. The molecule has 5 nitrogen and oxygen atoms in total. The normalized spacial score (nSPS) is 16.9. The average Bonchev–Trinajstić information content (AvgIpc) is 2.41. The van der Waals surface area contributed by atoms with E-state index in [1.54, 1.807) is 6.20 Å². The smallest absolute Gasteiger partial charge is 0.148 e. The maximum atomic E-state index is 5.80. The van der Waals surface area contributed by atoms with Gasteiger partial charge in [0.05, 0.1) is 6.10 Å². The molecule has 17 heavy (non-hydrogen) atoms. The number of aromatic nitrogens is 2. The second kappa shape index (κ2) is 7.19. The van der Waals surface area contributed by atoms with E-state index in [-0.39, 0.29) is 0 Å². The Hall–Kier alpha value is -1.20. The third-order valence-electron chi connectivity index (χ3n) is 2.84. The van der Waals surface area contributed by atoms with E-state index >= 15 is 0 Å². The van der Waals surface area contributed by atoms with Crippen molar-refractivity contribution in [3.05, 3.63) is 18.3 Å². The molecule has 0 unspecified atom stereocenters. The van der Waals surface area contributed by atoms with Crippen molar-refractivity contribution >= 4 is 5.82 Å². The van der Waals surface area contributed by atoms with E-state index in [9.17, 15) is 0 Å². The fourth-order valence-corrected chi connectivity index (χ4v) is 1.90. The zero-order valence-electron chi connectivity index (χ0n) is 10.1. The van der Waals surface area contributed by atoms with Crippen molar-refractivity contribution in [1.29, 1.82) is 0 Å². The first-order chi connectivity index (χ1) is 8.45. The highest BCUT2D eigenvalue weighted by atomic mass is 16.5. The van der Waals surface area contributed by atoms with Crippen LogP contribution in [-0.2, 0) is 4.74 Å². The van der Waals surface area contributed by atoms with Crippen molar-refractivity contribution in [3.8, 4) is 0 Å². The Kier molecular flexibility index (Phi) is 5.19. The van der Waals surface area contributed by atoms with Gasteiger partial charge in [-0.25, -0.2) is 0 Å². The summed E-state index contributed by atoms with van der Waals surface area (Å²) in [6.07, 6.45) is 5.40. The molecule has 0 atom stereocenters. The van der Waals surface area contributed by atoms with Crippen LogP contribution in [-0.4, -0.2) is 42.5 Å². The van der Waals surface area contributed by atoms with Crippen LogP contribution in [0.25, 0.3) is 0 Å². The molecule has 0 spiro atoms. The van der Waals surface area contributed by atoms with E-state index in [2.05, 4.69) is 20.8 Å². The van der Waals surface area contributed by atoms with Crippen LogP contribution >= 0.6 is 0 Å². The molecule has 0 bridgehead atoms. The summed E-state index contributed by atoms with van der Waals surface area (Å²) in [6.45, 7) is 3.87. The van der Waals surface area contributed by atoms with E-state index in [0.29, 0.717) is 6.10 Å². The molecule has 0 amide bonds. The van der Waals surface area contributed by atoms with Crippen LogP contribution in [0.15, 0.2) is 18.3 Å². The molecule has 1 fully saturated rings. The largest absolute Gasteiger partial charge is 0.378 e. The molecule has 94 valence electrons. The lowest BCUT2D eigenvalue weighted by Gasteiger charge is -2.22. The number of nitrogens with one attached hydrogen (secondary N) is 2. The summed E-state index contributed by atoms with van der Waals surface area (Å²) in [7, 11) is 0. The van der Waals surface area contributed by atoms with E-state index in [0.717, 1.165) is 51.3 Å². The Balaban J connectivity index is 1.51. The monoisotopic (exact) mass is 236 g/mol. The number of rotatable bonds is 6. The third kappa shape index (κ3) is 4.66. The van der Waals surface area contributed by atoms with Crippen LogP contribution < -0.4 is 10.6 Å². The van der Waals surface area contributed by atoms with Crippen molar-refractivity contribution in [3.63, 3.8) is 0 Å². The molecular formula is C12H20N4O. The number of nitrogens with zero attached hydrogens (tertiary/aromatic N) is 2. The van der Waals surface area contributed by atoms with E-state index < -0.39 is 0 Å². The molecule has 0 radical (unpaired) electrons. The molecule has 1 saturated heterocycles. The Morgan fingerprint density at radius 2 is 2.29 bits per heavy atom. The van der Waals surface area contributed by atoms with Crippen LogP contribution in [0, 0.1) is 0 Å². The van der Waals surface area contributed by atoms with Crippen LogP contribution in [0.1, 0.15) is 19.3 Å². The van der Waals surface area contributed by atoms with E-state index in [1.165, 1.54) is 0 Å². The maximum Gasteiger partial charge on any atom is 0.148 e. The standard InChI is InChI=1S/C12H20N4O/c1-3-12(16-15-7-1)14-6-2-10-17-11-4-8-13-9-5-11/h1,3,7,11,13H,2,4-6,8-10H2,(H,14,16). The lowest BCUT2D eigenvalue weighted by molar-refractivity contribution is 0.0329. The van der Waals surface area contributed by atoms with Crippen molar-refractivity contribution in [2.75, 3.05) is 31.6 Å². The lowest BCUT2D eigenvalue weighted by Crippen LogP contribution is -2.32. The summed E-state index contributed by atoms with van der Waals surface area (Å²) >= 11 is 0. The molecule has 1 aromatic heterocycles. The zero-order chi connectivity index (χ0) is 11.8. The summed E-state index contributed by atoms with van der Waals surface area (Å²) < 4.78 is 5.80. The highest BCUT2D eigenvalue weighted by molar-refractivity contribution is 5.30. The minimum atomic E-state index is 0.452. The summed E-state index contributed by atoms with van der Waals surface area (Å²) in [4.78, 5) is 0. The van der Waals surface area contributed by atoms with Gasteiger partial charge < -0.3 is 15.4 Å². The van der Waals surface area contributed by atoms with Crippen molar-refractivity contribution in [2.45, 2.75) is 25.4 Å². The number of hydrogen-bond donors (Lipinski definition) is 2. The minimum absolute atomic E-state index is 0.452. The molecule has 2 rings (SSSR count). The van der Waals surface area contributed by atoms with Gasteiger partial charge >= 0.3 is 0 Å². The quantitative estimate of drug-likeness (QED) is 0.723. The number of ether oxygens (including phenoxy) is 1. The van der Waals surface area contributed by atoms with Gasteiger partial charge in [-0.3, -0.25) is 0 Å². The molecule has 2 heterocycles. The zero-order valence-corrected chi connectivity index (χ0v) is 10.1. The van der Waals surface area contributed by atoms with Gasteiger partial charge in [-0.05, 0) is 44.5 Å². The Morgan fingerprint density at radius 1 is 1.41 bits per heavy atom. The maximum absolute atomic E-state index is 5.80. The predicted molar refractivity (Wildman–Crippen MR) is 67.0 cm³/mol. The summed E-state index contributed by atoms with van der Waals surface area (Å²) in [5.74, 6) is 0.828. The van der Waals surface area contributed by atoms with Crippen molar-refractivity contribution in [1.82, 2.24) is 15.5 Å². The summed E-state index contributed by atoms with van der Waals surface area (Å²) in [5.41, 5.74) is 0. The fraction of sp³-hybridized carbons (Fsp3) is 0.667. The number of hydrogen-bond acceptors (Lipinski definition) is 5. The first-order valence-corrected chi connectivity index (χ1v) is 6.29. The van der Waals surface area contributed by atoms with Gasteiger partial charge in [-0.15, -0.1) is 5.10 Å². The molecule has 1 aliphatic heterocycles. The van der Waals surface area contributed by atoms with Crippen molar-refractivity contribution < 1.29 is 4.74 Å². The molecular weight excluding hydrogens is 216 g/mol.